The van der Waals surface area contributed by atoms with Crippen LogP contribution in [0.15, 0.2) is 78.9 Å². The summed E-state index contributed by atoms with van der Waals surface area (Å²) in [4.78, 5) is 27.3. The van der Waals surface area contributed by atoms with Gasteiger partial charge in [0.05, 0.1) is 6.54 Å². The van der Waals surface area contributed by atoms with Crippen molar-refractivity contribution < 1.29 is 9.59 Å². The molecule has 0 radical (unpaired) electrons. The fourth-order valence-corrected chi connectivity index (χ4v) is 4.91. The van der Waals surface area contributed by atoms with Crippen molar-refractivity contribution in [3.8, 4) is 0 Å². The highest BCUT2D eigenvalue weighted by Crippen LogP contribution is 2.43. The summed E-state index contributed by atoms with van der Waals surface area (Å²) in [5.74, 6) is -0.0121. The van der Waals surface area contributed by atoms with Gasteiger partial charge in [0.2, 0.25) is 5.91 Å². The summed E-state index contributed by atoms with van der Waals surface area (Å²) >= 11 is 0. The van der Waals surface area contributed by atoms with Crippen LogP contribution >= 0.6 is 0 Å². The van der Waals surface area contributed by atoms with Gasteiger partial charge in [-0.05, 0) is 60.7 Å². The smallest absolute Gasteiger partial charge is 0.258 e. The maximum Gasteiger partial charge on any atom is 0.258 e. The van der Waals surface area contributed by atoms with Crippen molar-refractivity contribution in [1.82, 2.24) is 5.32 Å². The molecule has 5 nitrogen and oxygen atoms in total. The van der Waals surface area contributed by atoms with E-state index in [-0.39, 0.29) is 23.8 Å². The van der Waals surface area contributed by atoms with E-state index in [1.165, 1.54) is 17.5 Å². The van der Waals surface area contributed by atoms with E-state index in [9.17, 15) is 9.59 Å². The van der Waals surface area contributed by atoms with Crippen molar-refractivity contribution in [2.75, 3.05) is 29.9 Å². The zero-order valence-corrected chi connectivity index (χ0v) is 18.7. The lowest BCUT2D eigenvalue weighted by atomic mass is 9.64. The third-order valence-electron chi connectivity index (χ3n) is 7.04. The molecule has 33 heavy (non-hydrogen) atoms. The number of carbonyl (C=O) groups excluding carboxylic acids is 2. The number of anilines is 2. The lowest BCUT2D eigenvalue weighted by Crippen LogP contribution is -2.46. The third-order valence-corrected chi connectivity index (χ3v) is 7.04. The van der Waals surface area contributed by atoms with Crippen molar-refractivity contribution in [2.24, 2.45) is 0 Å². The summed E-state index contributed by atoms with van der Waals surface area (Å²) in [7, 11) is 0. The summed E-state index contributed by atoms with van der Waals surface area (Å²) in [6, 6.07) is 25.9. The van der Waals surface area contributed by atoms with Crippen LogP contribution in [0.3, 0.4) is 0 Å². The maximum absolute atomic E-state index is 13.0. The van der Waals surface area contributed by atoms with E-state index in [2.05, 4.69) is 41.0 Å². The van der Waals surface area contributed by atoms with Crippen LogP contribution in [-0.4, -0.2) is 31.4 Å². The van der Waals surface area contributed by atoms with Gasteiger partial charge in [-0.1, -0.05) is 55.0 Å². The molecule has 1 saturated carbocycles. The third kappa shape index (κ3) is 4.36. The first-order chi connectivity index (χ1) is 16.1. The normalized spacial score (nSPS) is 15.9. The average molecular weight is 440 g/mol. The monoisotopic (exact) mass is 439 g/mol. The Morgan fingerprint density at radius 1 is 0.879 bits per heavy atom. The van der Waals surface area contributed by atoms with Crippen LogP contribution in [0.1, 0.15) is 40.7 Å². The molecule has 1 heterocycles. The SMILES string of the molecule is O=C(CNc1ccc(C(=O)N2CCc3ccccc32)cc1)NCC1(c2ccccc2)CCC1. The van der Waals surface area contributed by atoms with Crippen molar-refractivity contribution >= 4 is 23.2 Å². The molecule has 0 saturated heterocycles. The van der Waals surface area contributed by atoms with Crippen LogP contribution in [0.25, 0.3) is 0 Å². The summed E-state index contributed by atoms with van der Waals surface area (Å²) in [5, 5.41) is 6.28. The van der Waals surface area contributed by atoms with E-state index in [0.29, 0.717) is 18.7 Å². The van der Waals surface area contributed by atoms with Crippen LogP contribution in [0, 0.1) is 0 Å². The van der Waals surface area contributed by atoms with Gasteiger partial charge in [0.15, 0.2) is 0 Å². The van der Waals surface area contributed by atoms with Crippen molar-refractivity contribution in [1.29, 1.82) is 0 Å². The van der Waals surface area contributed by atoms with Gasteiger partial charge < -0.3 is 15.5 Å². The van der Waals surface area contributed by atoms with Crippen LogP contribution < -0.4 is 15.5 Å². The van der Waals surface area contributed by atoms with Crippen LogP contribution in [0.2, 0.25) is 0 Å². The van der Waals surface area contributed by atoms with E-state index in [1.807, 2.05) is 53.4 Å². The number of fused-ring (bicyclic) bond motifs is 1. The molecule has 5 heteroatoms. The van der Waals surface area contributed by atoms with Gasteiger partial charge in [0.25, 0.3) is 5.91 Å². The van der Waals surface area contributed by atoms with E-state index in [1.54, 1.807) is 0 Å². The van der Waals surface area contributed by atoms with Crippen molar-refractivity contribution in [3.63, 3.8) is 0 Å². The van der Waals surface area contributed by atoms with Gasteiger partial charge in [-0.3, -0.25) is 9.59 Å². The number of carbonyl (C=O) groups is 2. The number of nitrogens with one attached hydrogen (secondary N) is 2. The first-order valence-electron chi connectivity index (χ1n) is 11.7. The standard InChI is InChI=1S/C28H29N3O2/c32-26(30-20-28(16-6-17-28)23-8-2-1-3-9-23)19-29-24-13-11-22(12-14-24)27(33)31-18-15-21-7-4-5-10-25(21)31/h1-5,7-14,29H,6,15-20H2,(H,30,32). The molecule has 0 spiro atoms. The minimum atomic E-state index is -0.0222. The van der Waals surface area contributed by atoms with Crippen molar-refractivity contribution in [3.05, 3.63) is 95.6 Å². The zero-order chi connectivity index (χ0) is 22.7. The largest absolute Gasteiger partial charge is 0.376 e. The number of hydrogen-bond acceptors (Lipinski definition) is 3. The summed E-state index contributed by atoms with van der Waals surface area (Å²) < 4.78 is 0. The Balaban J connectivity index is 1.14. The molecule has 2 N–H and O–H groups in total. The molecule has 168 valence electrons. The van der Waals surface area contributed by atoms with Gasteiger partial charge in [0, 0.05) is 35.4 Å². The molecule has 5 rings (SSSR count). The summed E-state index contributed by atoms with van der Waals surface area (Å²) in [6.07, 6.45) is 4.32. The Hall–Kier alpha value is -3.60. The number of hydrogen-bond donors (Lipinski definition) is 2. The van der Waals surface area contributed by atoms with Gasteiger partial charge in [-0.25, -0.2) is 0 Å². The number of nitrogens with zero attached hydrogens (tertiary/aromatic N) is 1. The Labute approximate surface area is 194 Å². The van der Waals surface area contributed by atoms with E-state index >= 15 is 0 Å². The number of para-hydroxylation sites is 1. The Kier molecular flexibility index (Phi) is 5.86. The van der Waals surface area contributed by atoms with Crippen LogP contribution in [-0.2, 0) is 16.6 Å². The minimum Gasteiger partial charge on any atom is -0.376 e. The highest BCUT2D eigenvalue weighted by molar-refractivity contribution is 6.07. The first kappa shape index (κ1) is 21.3. The van der Waals surface area contributed by atoms with Crippen molar-refractivity contribution in [2.45, 2.75) is 31.1 Å². The molecular weight excluding hydrogens is 410 g/mol. The topological polar surface area (TPSA) is 61.4 Å². The second kappa shape index (κ2) is 9.10. The quantitative estimate of drug-likeness (QED) is 0.568. The van der Waals surface area contributed by atoms with E-state index < -0.39 is 0 Å². The highest BCUT2D eigenvalue weighted by Gasteiger charge is 2.38. The Morgan fingerprint density at radius 3 is 2.33 bits per heavy atom. The lowest BCUT2D eigenvalue weighted by Gasteiger charge is -2.42. The van der Waals surface area contributed by atoms with Gasteiger partial charge >= 0.3 is 0 Å². The predicted octanol–water partition coefficient (Wildman–Crippen LogP) is 4.54. The van der Waals surface area contributed by atoms with E-state index in [4.69, 9.17) is 0 Å². The van der Waals surface area contributed by atoms with Gasteiger partial charge in [-0.15, -0.1) is 0 Å². The number of benzene rings is 3. The average Bonchev–Trinajstić information content (AvgIpc) is 3.27. The predicted molar refractivity (Wildman–Crippen MR) is 132 cm³/mol. The molecule has 1 aliphatic carbocycles. The zero-order valence-electron chi connectivity index (χ0n) is 18.7. The molecular formula is C28H29N3O2. The molecule has 3 aromatic rings. The maximum atomic E-state index is 13.0. The Morgan fingerprint density at radius 2 is 1.61 bits per heavy atom. The minimum absolute atomic E-state index is 0.0101. The molecule has 0 bridgehead atoms. The molecule has 1 aliphatic heterocycles. The second-order valence-electron chi connectivity index (χ2n) is 9.04. The van der Waals surface area contributed by atoms with E-state index in [0.717, 1.165) is 30.6 Å². The second-order valence-corrected chi connectivity index (χ2v) is 9.04. The first-order valence-corrected chi connectivity index (χ1v) is 11.7. The van der Waals surface area contributed by atoms with Crippen LogP contribution in [0.4, 0.5) is 11.4 Å². The molecule has 0 unspecified atom stereocenters. The lowest BCUT2D eigenvalue weighted by molar-refractivity contribution is -0.119. The number of amides is 2. The summed E-state index contributed by atoms with van der Waals surface area (Å²) in [6.45, 7) is 1.59. The summed E-state index contributed by atoms with van der Waals surface area (Å²) in [5.41, 5.74) is 5.08. The molecule has 2 amide bonds. The Bertz CT molecular complexity index is 1140. The number of rotatable bonds is 7. The molecule has 1 fully saturated rings. The van der Waals surface area contributed by atoms with Gasteiger partial charge in [-0.2, -0.15) is 0 Å². The fourth-order valence-electron chi connectivity index (χ4n) is 4.91. The molecule has 0 atom stereocenters. The van der Waals surface area contributed by atoms with Crippen LogP contribution in [0.5, 0.6) is 0 Å². The highest BCUT2D eigenvalue weighted by atomic mass is 16.2. The molecule has 0 aromatic heterocycles. The molecule has 3 aromatic carbocycles. The van der Waals surface area contributed by atoms with Gasteiger partial charge in [0.1, 0.15) is 0 Å². The fraction of sp³-hybridized carbons (Fsp3) is 0.286. The molecule has 2 aliphatic rings.